The summed E-state index contributed by atoms with van der Waals surface area (Å²) < 4.78 is 44.3. The first kappa shape index (κ1) is 12.9. The smallest absolute Gasteiger partial charge is 0.338 e. The Morgan fingerprint density at radius 2 is 1.79 bits per heavy atom. The van der Waals surface area contributed by atoms with Gasteiger partial charge in [-0.1, -0.05) is 0 Å². The van der Waals surface area contributed by atoms with E-state index < -0.39 is 34.9 Å². The molecule has 2 aromatic rings. The third-order valence-corrected chi connectivity index (χ3v) is 2.14. The number of benzene rings is 1. The number of carboxylic acids is 1. The zero-order valence-corrected chi connectivity index (χ0v) is 9.23. The minimum absolute atomic E-state index is 0.327. The molecule has 0 amide bonds. The lowest BCUT2D eigenvalue weighted by Crippen LogP contribution is -2.03. The van der Waals surface area contributed by atoms with Crippen molar-refractivity contribution in [3.05, 3.63) is 53.5 Å². The van der Waals surface area contributed by atoms with E-state index in [1.165, 1.54) is 0 Å². The third-order valence-electron chi connectivity index (χ3n) is 2.14. The van der Waals surface area contributed by atoms with Crippen molar-refractivity contribution in [2.75, 3.05) is 0 Å². The summed E-state index contributed by atoms with van der Waals surface area (Å²) in [5, 5.41) is 8.70. The van der Waals surface area contributed by atoms with Gasteiger partial charge < -0.3 is 9.84 Å². The molecule has 7 heteroatoms. The molecule has 0 aliphatic carbocycles. The monoisotopic (exact) mass is 269 g/mol. The average molecular weight is 269 g/mol. The number of rotatable bonds is 3. The number of nitrogens with zero attached hydrogens (tertiary/aromatic N) is 1. The van der Waals surface area contributed by atoms with Gasteiger partial charge in [-0.2, -0.15) is 0 Å². The maximum absolute atomic E-state index is 13.7. The summed E-state index contributed by atoms with van der Waals surface area (Å²) in [6.45, 7) is 0. The van der Waals surface area contributed by atoms with Crippen molar-refractivity contribution in [3.8, 4) is 11.6 Å². The Bertz CT molecular complexity index is 626. The van der Waals surface area contributed by atoms with Gasteiger partial charge in [-0.15, -0.1) is 0 Å². The molecule has 1 aromatic carbocycles. The van der Waals surface area contributed by atoms with Gasteiger partial charge in [0.05, 0.1) is 0 Å². The first-order valence-electron chi connectivity index (χ1n) is 4.99. The van der Waals surface area contributed by atoms with Gasteiger partial charge in [0.2, 0.25) is 0 Å². The van der Waals surface area contributed by atoms with Crippen LogP contribution in [0.3, 0.4) is 0 Å². The second-order valence-electron chi connectivity index (χ2n) is 3.49. The van der Waals surface area contributed by atoms with Crippen molar-refractivity contribution in [1.29, 1.82) is 0 Å². The molecule has 0 spiro atoms. The third kappa shape index (κ3) is 2.82. The highest BCUT2D eigenvalue weighted by Gasteiger charge is 2.17. The van der Waals surface area contributed by atoms with Crippen LogP contribution in [0.5, 0.6) is 11.6 Å². The lowest BCUT2D eigenvalue weighted by Gasteiger charge is -2.07. The molecule has 2 rings (SSSR count). The Labute approximate surface area is 105 Å². The topological polar surface area (TPSA) is 59.4 Å². The SMILES string of the molecule is O=C(O)c1ccnc(Oc2cc(F)cc(F)c2)c1F. The molecular weight excluding hydrogens is 263 g/mol. The van der Waals surface area contributed by atoms with Gasteiger partial charge in [0, 0.05) is 24.4 Å². The zero-order chi connectivity index (χ0) is 14.0. The van der Waals surface area contributed by atoms with E-state index in [-0.39, 0.29) is 5.75 Å². The summed E-state index contributed by atoms with van der Waals surface area (Å²) in [6.07, 6.45) is 1.01. The average Bonchev–Trinajstić information content (AvgIpc) is 2.30. The number of ether oxygens (including phenoxy) is 1. The molecule has 4 nitrogen and oxygen atoms in total. The van der Waals surface area contributed by atoms with Crippen LogP contribution in [-0.2, 0) is 0 Å². The molecular formula is C12H6F3NO3. The normalized spacial score (nSPS) is 10.3. The van der Waals surface area contributed by atoms with E-state index in [1.54, 1.807) is 0 Å². The Hall–Kier alpha value is -2.57. The number of hydrogen-bond donors (Lipinski definition) is 1. The van der Waals surface area contributed by atoms with Crippen LogP contribution in [-0.4, -0.2) is 16.1 Å². The zero-order valence-electron chi connectivity index (χ0n) is 9.23. The number of aromatic nitrogens is 1. The molecule has 1 N–H and O–H groups in total. The summed E-state index contributed by atoms with van der Waals surface area (Å²) in [7, 11) is 0. The minimum atomic E-state index is -1.50. The molecule has 0 unspecified atom stereocenters. The van der Waals surface area contributed by atoms with Crippen LogP contribution in [0.4, 0.5) is 13.2 Å². The maximum atomic E-state index is 13.7. The summed E-state index contributed by atoms with van der Waals surface area (Å²) in [4.78, 5) is 14.2. The van der Waals surface area contributed by atoms with Gasteiger partial charge in [0.1, 0.15) is 22.9 Å². The quantitative estimate of drug-likeness (QED) is 0.930. The van der Waals surface area contributed by atoms with Crippen molar-refractivity contribution in [3.63, 3.8) is 0 Å². The van der Waals surface area contributed by atoms with E-state index in [2.05, 4.69) is 4.98 Å². The van der Waals surface area contributed by atoms with Gasteiger partial charge >= 0.3 is 5.97 Å². The minimum Gasteiger partial charge on any atom is -0.478 e. The molecule has 19 heavy (non-hydrogen) atoms. The Morgan fingerprint density at radius 3 is 2.37 bits per heavy atom. The maximum Gasteiger partial charge on any atom is 0.338 e. The van der Waals surface area contributed by atoms with Crippen molar-refractivity contribution in [1.82, 2.24) is 4.98 Å². The molecule has 0 saturated carbocycles. The van der Waals surface area contributed by atoms with Crippen LogP contribution in [0.2, 0.25) is 0 Å². The molecule has 0 radical (unpaired) electrons. The van der Waals surface area contributed by atoms with E-state index in [0.717, 1.165) is 24.4 Å². The molecule has 98 valence electrons. The van der Waals surface area contributed by atoms with E-state index in [0.29, 0.717) is 6.07 Å². The fourth-order valence-electron chi connectivity index (χ4n) is 1.36. The molecule has 0 saturated heterocycles. The van der Waals surface area contributed by atoms with Crippen LogP contribution < -0.4 is 4.74 Å². The van der Waals surface area contributed by atoms with Gasteiger partial charge in [-0.05, 0) is 6.07 Å². The largest absolute Gasteiger partial charge is 0.478 e. The number of halogens is 3. The number of aromatic carboxylic acids is 1. The van der Waals surface area contributed by atoms with E-state index in [1.807, 2.05) is 0 Å². The van der Waals surface area contributed by atoms with Crippen molar-refractivity contribution in [2.45, 2.75) is 0 Å². The first-order valence-corrected chi connectivity index (χ1v) is 4.99. The molecule has 1 heterocycles. The van der Waals surface area contributed by atoms with Crippen LogP contribution in [0.15, 0.2) is 30.5 Å². The Morgan fingerprint density at radius 1 is 1.16 bits per heavy atom. The van der Waals surface area contributed by atoms with Crippen molar-refractivity contribution < 1.29 is 27.8 Å². The van der Waals surface area contributed by atoms with Gasteiger partial charge in [0.15, 0.2) is 5.82 Å². The fraction of sp³-hybridized carbons (Fsp3) is 0. The van der Waals surface area contributed by atoms with E-state index in [9.17, 15) is 18.0 Å². The molecule has 0 aliphatic heterocycles. The Kier molecular flexibility index (Phi) is 3.37. The molecule has 0 atom stereocenters. The van der Waals surface area contributed by atoms with Crippen LogP contribution in [0.25, 0.3) is 0 Å². The van der Waals surface area contributed by atoms with Gasteiger partial charge in [-0.3, -0.25) is 0 Å². The highest BCUT2D eigenvalue weighted by molar-refractivity contribution is 5.88. The fourth-order valence-corrected chi connectivity index (χ4v) is 1.36. The second-order valence-corrected chi connectivity index (χ2v) is 3.49. The highest BCUT2D eigenvalue weighted by Crippen LogP contribution is 2.25. The molecule has 0 bridgehead atoms. The number of hydrogen-bond acceptors (Lipinski definition) is 3. The van der Waals surface area contributed by atoms with Gasteiger partial charge in [0.25, 0.3) is 5.88 Å². The van der Waals surface area contributed by atoms with Crippen molar-refractivity contribution in [2.24, 2.45) is 0 Å². The standard InChI is InChI=1S/C12H6F3NO3/c13-6-3-7(14)5-8(4-6)19-11-10(15)9(12(17)18)1-2-16-11/h1-5H,(H,17,18). The van der Waals surface area contributed by atoms with E-state index in [4.69, 9.17) is 9.84 Å². The van der Waals surface area contributed by atoms with Crippen molar-refractivity contribution >= 4 is 5.97 Å². The lowest BCUT2D eigenvalue weighted by molar-refractivity contribution is 0.0690. The highest BCUT2D eigenvalue weighted by atomic mass is 19.1. The molecule has 0 fully saturated rings. The second kappa shape index (κ2) is 4.97. The Balaban J connectivity index is 2.38. The molecule has 0 aliphatic rings. The number of carbonyl (C=O) groups is 1. The summed E-state index contributed by atoms with van der Waals surface area (Å²) >= 11 is 0. The van der Waals surface area contributed by atoms with Gasteiger partial charge in [-0.25, -0.2) is 22.9 Å². The summed E-state index contributed by atoms with van der Waals surface area (Å²) in [6, 6.07) is 3.19. The predicted octanol–water partition coefficient (Wildman–Crippen LogP) is 2.99. The first-order chi connectivity index (χ1) is 8.97. The summed E-state index contributed by atoms with van der Waals surface area (Å²) in [5.74, 6) is -5.55. The van der Waals surface area contributed by atoms with Crippen LogP contribution in [0.1, 0.15) is 10.4 Å². The lowest BCUT2D eigenvalue weighted by atomic mass is 10.2. The number of carboxylic acid groups (broad SMARTS) is 1. The molecule has 1 aromatic heterocycles. The van der Waals surface area contributed by atoms with E-state index >= 15 is 0 Å². The van der Waals surface area contributed by atoms with Crippen LogP contribution in [0, 0.1) is 17.5 Å². The summed E-state index contributed by atoms with van der Waals surface area (Å²) in [5.41, 5.74) is -0.651. The predicted molar refractivity (Wildman–Crippen MR) is 57.6 cm³/mol. The number of pyridine rings is 1. The van der Waals surface area contributed by atoms with Crippen LogP contribution >= 0.6 is 0 Å².